The Bertz CT molecular complexity index is 941. The zero-order valence-corrected chi connectivity index (χ0v) is 14.2. The summed E-state index contributed by atoms with van der Waals surface area (Å²) in [7, 11) is 1.56. The number of ether oxygens (including phenoxy) is 1. The third kappa shape index (κ3) is 3.26. The van der Waals surface area contributed by atoms with Gasteiger partial charge in [0, 0.05) is 11.1 Å². The van der Waals surface area contributed by atoms with Gasteiger partial charge < -0.3 is 9.84 Å². The minimum atomic E-state index is -0.930. The molecule has 0 bridgehead atoms. The molecule has 0 amide bonds. The van der Waals surface area contributed by atoms with Crippen LogP contribution < -0.4 is 4.74 Å². The largest absolute Gasteiger partial charge is 0.497 e. The first-order chi connectivity index (χ1) is 12.0. The molecule has 0 aliphatic carbocycles. The molecule has 0 radical (unpaired) electrons. The average molecular weight is 337 g/mol. The highest BCUT2D eigenvalue weighted by atomic mass is 16.5. The van der Waals surface area contributed by atoms with Crippen LogP contribution >= 0.6 is 0 Å². The molecule has 0 saturated heterocycles. The molecule has 1 aromatic heterocycles. The van der Waals surface area contributed by atoms with Gasteiger partial charge in [-0.25, -0.2) is 0 Å². The number of fused-ring (bicyclic) bond motifs is 1. The SMILES string of the molecule is COc1ccc2c(c1)c(CC(=O)O)c(C)n2C(=O)Cc1ccccc1. The zero-order valence-electron chi connectivity index (χ0n) is 14.2. The van der Waals surface area contributed by atoms with Crippen molar-refractivity contribution in [1.29, 1.82) is 0 Å². The van der Waals surface area contributed by atoms with E-state index >= 15 is 0 Å². The van der Waals surface area contributed by atoms with Gasteiger partial charge in [-0.15, -0.1) is 0 Å². The van der Waals surface area contributed by atoms with Crippen LogP contribution in [0, 0.1) is 6.92 Å². The number of carboxylic acids is 1. The Labute approximate surface area is 145 Å². The minimum Gasteiger partial charge on any atom is -0.497 e. The van der Waals surface area contributed by atoms with Crippen molar-refractivity contribution in [3.05, 3.63) is 65.4 Å². The third-order valence-corrected chi connectivity index (χ3v) is 4.32. The lowest BCUT2D eigenvalue weighted by atomic mass is 10.1. The second-order valence-corrected chi connectivity index (χ2v) is 5.91. The number of nitrogens with zero attached hydrogens (tertiary/aromatic N) is 1. The number of carbonyl (C=O) groups excluding carboxylic acids is 1. The number of hydrogen-bond acceptors (Lipinski definition) is 3. The Hall–Kier alpha value is -3.08. The lowest BCUT2D eigenvalue weighted by Gasteiger charge is -2.08. The molecule has 0 saturated carbocycles. The van der Waals surface area contributed by atoms with Gasteiger partial charge in [-0.05, 0) is 36.2 Å². The summed E-state index contributed by atoms with van der Waals surface area (Å²) < 4.78 is 6.86. The van der Waals surface area contributed by atoms with Crippen molar-refractivity contribution >= 4 is 22.8 Å². The highest BCUT2D eigenvalue weighted by Crippen LogP contribution is 2.30. The monoisotopic (exact) mass is 337 g/mol. The molecule has 5 nitrogen and oxygen atoms in total. The van der Waals surface area contributed by atoms with E-state index in [2.05, 4.69) is 0 Å². The van der Waals surface area contributed by atoms with Crippen LogP contribution in [0.1, 0.15) is 21.6 Å². The Morgan fingerprint density at radius 1 is 1.08 bits per heavy atom. The standard InChI is InChI=1S/C20H19NO4/c1-13-16(12-20(23)24)17-11-15(25-2)8-9-18(17)21(13)19(22)10-14-6-4-3-5-7-14/h3-9,11H,10,12H2,1-2H3,(H,23,24). The van der Waals surface area contributed by atoms with Crippen LogP contribution in [-0.4, -0.2) is 28.7 Å². The number of aliphatic carboxylic acids is 1. The van der Waals surface area contributed by atoms with Gasteiger partial charge in [-0.2, -0.15) is 0 Å². The van der Waals surface area contributed by atoms with Gasteiger partial charge >= 0.3 is 5.97 Å². The van der Waals surface area contributed by atoms with Crippen LogP contribution in [0.5, 0.6) is 5.75 Å². The van der Waals surface area contributed by atoms with Crippen molar-refractivity contribution < 1.29 is 19.4 Å². The van der Waals surface area contributed by atoms with Crippen molar-refractivity contribution in [2.75, 3.05) is 7.11 Å². The predicted octanol–water partition coefficient (Wildman–Crippen LogP) is 3.47. The summed E-state index contributed by atoms with van der Waals surface area (Å²) >= 11 is 0. The molecule has 3 rings (SSSR count). The van der Waals surface area contributed by atoms with Crippen molar-refractivity contribution in [2.45, 2.75) is 19.8 Å². The first-order valence-electron chi connectivity index (χ1n) is 7.98. The number of rotatable bonds is 5. The summed E-state index contributed by atoms with van der Waals surface area (Å²) in [5.41, 5.74) is 2.92. The molecule has 0 unspecified atom stereocenters. The fourth-order valence-corrected chi connectivity index (χ4v) is 3.13. The molecule has 2 aromatic carbocycles. The maximum atomic E-state index is 12.9. The van der Waals surface area contributed by atoms with Gasteiger partial charge in [0.15, 0.2) is 0 Å². The van der Waals surface area contributed by atoms with Gasteiger partial charge in [0.25, 0.3) is 0 Å². The second kappa shape index (κ2) is 6.81. The minimum absolute atomic E-state index is 0.0875. The first-order valence-corrected chi connectivity index (χ1v) is 7.98. The number of hydrogen-bond donors (Lipinski definition) is 1. The van der Waals surface area contributed by atoms with Crippen LogP contribution in [0.3, 0.4) is 0 Å². The predicted molar refractivity (Wildman–Crippen MR) is 95.3 cm³/mol. The van der Waals surface area contributed by atoms with Crippen molar-refractivity contribution in [1.82, 2.24) is 4.57 Å². The summed E-state index contributed by atoms with van der Waals surface area (Å²) in [6.45, 7) is 1.79. The Balaban J connectivity index is 2.12. The van der Waals surface area contributed by atoms with Crippen LogP contribution in [0.15, 0.2) is 48.5 Å². The van der Waals surface area contributed by atoms with Crippen molar-refractivity contribution in [3.8, 4) is 5.75 Å². The lowest BCUT2D eigenvalue weighted by Crippen LogP contribution is -2.15. The van der Waals surface area contributed by atoms with E-state index in [1.54, 1.807) is 36.8 Å². The van der Waals surface area contributed by atoms with Crippen LogP contribution in [0.25, 0.3) is 10.9 Å². The summed E-state index contributed by atoms with van der Waals surface area (Å²) in [5, 5.41) is 9.97. The number of aromatic nitrogens is 1. The van der Waals surface area contributed by atoms with E-state index in [1.807, 2.05) is 30.3 Å². The first kappa shape index (κ1) is 16.8. The van der Waals surface area contributed by atoms with Crippen molar-refractivity contribution in [3.63, 3.8) is 0 Å². The van der Waals surface area contributed by atoms with Crippen LogP contribution in [0.4, 0.5) is 0 Å². The van der Waals surface area contributed by atoms with Gasteiger partial charge in [0.05, 0.1) is 25.5 Å². The highest BCUT2D eigenvalue weighted by Gasteiger charge is 2.21. The summed E-state index contributed by atoms with van der Waals surface area (Å²) in [6.07, 6.45) is 0.116. The molecule has 5 heteroatoms. The molecule has 25 heavy (non-hydrogen) atoms. The van der Waals surface area contributed by atoms with Crippen LogP contribution in [0.2, 0.25) is 0 Å². The molecule has 3 aromatic rings. The summed E-state index contributed by atoms with van der Waals surface area (Å²) in [5.74, 6) is -0.386. The third-order valence-electron chi connectivity index (χ3n) is 4.32. The fraction of sp³-hybridized carbons (Fsp3) is 0.200. The Morgan fingerprint density at radius 2 is 1.80 bits per heavy atom. The van der Waals surface area contributed by atoms with E-state index in [9.17, 15) is 14.7 Å². The van der Waals surface area contributed by atoms with E-state index < -0.39 is 5.97 Å². The van der Waals surface area contributed by atoms with E-state index in [0.717, 1.165) is 10.9 Å². The van der Waals surface area contributed by atoms with E-state index in [-0.39, 0.29) is 18.7 Å². The molecule has 0 spiro atoms. The smallest absolute Gasteiger partial charge is 0.307 e. The van der Waals surface area contributed by atoms with E-state index in [0.29, 0.717) is 22.5 Å². The van der Waals surface area contributed by atoms with Crippen LogP contribution in [-0.2, 0) is 17.6 Å². The fourth-order valence-electron chi connectivity index (χ4n) is 3.13. The number of carboxylic acid groups (broad SMARTS) is 1. The maximum absolute atomic E-state index is 12.9. The number of methoxy groups -OCH3 is 1. The molecule has 0 aliphatic heterocycles. The highest BCUT2D eigenvalue weighted by molar-refractivity contribution is 5.98. The average Bonchev–Trinajstić information content (AvgIpc) is 2.86. The normalized spacial score (nSPS) is 10.8. The van der Waals surface area contributed by atoms with Gasteiger partial charge in [-0.3, -0.25) is 14.2 Å². The molecule has 1 heterocycles. The molecular formula is C20H19NO4. The zero-order chi connectivity index (χ0) is 18.0. The Kier molecular flexibility index (Phi) is 4.57. The number of benzene rings is 2. The Morgan fingerprint density at radius 3 is 2.44 bits per heavy atom. The quantitative estimate of drug-likeness (QED) is 0.774. The molecular weight excluding hydrogens is 318 g/mol. The second-order valence-electron chi connectivity index (χ2n) is 5.91. The molecule has 0 atom stereocenters. The summed E-state index contributed by atoms with van der Waals surface area (Å²) in [4.78, 5) is 24.2. The van der Waals surface area contributed by atoms with E-state index in [1.165, 1.54) is 0 Å². The maximum Gasteiger partial charge on any atom is 0.307 e. The van der Waals surface area contributed by atoms with Gasteiger partial charge in [-0.1, -0.05) is 30.3 Å². The topological polar surface area (TPSA) is 68.5 Å². The molecule has 0 aliphatic rings. The number of carbonyl (C=O) groups is 2. The molecule has 0 fully saturated rings. The molecule has 1 N–H and O–H groups in total. The van der Waals surface area contributed by atoms with Crippen molar-refractivity contribution in [2.24, 2.45) is 0 Å². The molecule has 128 valence electrons. The summed E-state index contributed by atoms with van der Waals surface area (Å²) in [6, 6.07) is 14.9. The lowest BCUT2D eigenvalue weighted by molar-refractivity contribution is -0.136. The van der Waals surface area contributed by atoms with E-state index in [4.69, 9.17) is 4.74 Å². The van der Waals surface area contributed by atoms with Gasteiger partial charge in [0.1, 0.15) is 5.75 Å². The van der Waals surface area contributed by atoms with Gasteiger partial charge in [0.2, 0.25) is 5.91 Å².